The molecule has 0 unspecified atom stereocenters. The summed E-state index contributed by atoms with van der Waals surface area (Å²) in [5, 5.41) is 17.6. The first-order chi connectivity index (χ1) is 6.65. The summed E-state index contributed by atoms with van der Waals surface area (Å²) in [5.74, 6) is -0.522. The fourth-order valence-electron chi connectivity index (χ4n) is 0.943. The minimum atomic E-state index is -1.52. The lowest BCUT2D eigenvalue weighted by molar-refractivity contribution is 0.0310. The predicted molar refractivity (Wildman–Crippen MR) is 50.7 cm³/mol. The third-order valence-electron chi connectivity index (χ3n) is 1.64. The molecule has 0 amide bonds. The van der Waals surface area contributed by atoms with E-state index in [4.69, 9.17) is 10.0 Å². The number of carbonyl (C=O) groups excluding carboxylic acids is 1. The van der Waals surface area contributed by atoms with Crippen LogP contribution in [0.2, 0.25) is 0 Å². The van der Waals surface area contributed by atoms with Crippen LogP contribution in [0, 0.1) is 0 Å². The van der Waals surface area contributed by atoms with Crippen molar-refractivity contribution in [2.24, 2.45) is 0 Å². The Bertz CT molecular complexity index is 312. The first-order valence-corrected chi connectivity index (χ1v) is 3.99. The molecule has 0 heterocycles. The second kappa shape index (κ2) is 4.76. The van der Waals surface area contributed by atoms with Crippen LogP contribution >= 0.6 is 0 Å². The zero-order valence-corrected chi connectivity index (χ0v) is 7.60. The van der Waals surface area contributed by atoms with Crippen LogP contribution in [0.3, 0.4) is 0 Å². The summed E-state index contributed by atoms with van der Waals surface area (Å²) in [6.07, 6.45) is 0. The molecule has 0 aliphatic rings. The lowest BCUT2D eigenvalue weighted by atomic mass is 9.80. The molecule has 1 aromatic carbocycles. The predicted octanol–water partition coefficient (Wildman–Crippen LogP) is -1.34. The van der Waals surface area contributed by atoms with Crippen molar-refractivity contribution in [1.82, 2.24) is 5.48 Å². The molecule has 74 valence electrons. The highest BCUT2D eigenvalue weighted by Crippen LogP contribution is 1.98. The minimum absolute atomic E-state index is 0.325. The van der Waals surface area contributed by atoms with E-state index in [0.29, 0.717) is 11.0 Å². The van der Waals surface area contributed by atoms with Gasteiger partial charge in [0.1, 0.15) is 0 Å². The van der Waals surface area contributed by atoms with E-state index in [-0.39, 0.29) is 0 Å². The fraction of sp³-hybridized carbons (Fsp3) is 0.125. The quantitative estimate of drug-likeness (QED) is 0.410. The van der Waals surface area contributed by atoms with E-state index in [1.165, 1.54) is 31.3 Å². The Morgan fingerprint density at radius 2 is 1.93 bits per heavy atom. The Morgan fingerprint density at radius 3 is 2.36 bits per heavy atom. The molecule has 6 heteroatoms. The Balaban J connectivity index is 2.78. The summed E-state index contributed by atoms with van der Waals surface area (Å²) in [6.45, 7) is 0. The number of hydroxylamine groups is 1. The molecule has 0 saturated heterocycles. The van der Waals surface area contributed by atoms with Crippen LogP contribution in [0.5, 0.6) is 0 Å². The number of benzene rings is 1. The monoisotopic (exact) mass is 195 g/mol. The third-order valence-corrected chi connectivity index (χ3v) is 1.64. The molecule has 0 radical (unpaired) electrons. The van der Waals surface area contributed by atoms with E-state index in [0.717, 1.165) is 0 Å². The van der Waals surface area contributed by atoms with Crippen molar-refractivity contribution in [3.8, 4) is 0 Å². The summed E-state index contributed by atoms with van der Waals surface area (Å²) < 4.78 is 0. The van der Waals surface area contributed by atoms with E-state index < -0.39 is 13.1 Å². The molecule has 0 fully saturated rings. The van der Waals surface area contributed by atoms with Gasteiger partial charge >= 0.3 is 13.1 Å². The number of rotatable bonds is 3. The van der Waals surface area contributed by atoms with E-state index in [1.807, 2.05) is 0 Å². The molecule has 0 atom stereocenters. The molecule has 3 N–H and O–H groups in total. The molecule has 0 aliphatic carbocycles. The van der Waals surface area contributed by atoms with Crippen molar-refractivity contribution in [3.63, 3.8) is 0 Å². The molecule has 0 aromatic heterocycles. The maximum absolute atomic E-state index is 11.1. The molecule has 0 spiro atoms. The van der Waals surface area contributed by atoms with Gasteiger partial charge in [0.25, 0.3) is 0 Å². The Labute approximate surface area is 81.4 Å². The highest BCUT2D eigenvalue weighted by molar-refractivity contribution is 6.58. The Morgan fingerprint density at radius 1 is 1.36 bits per heavy atom. The van der Waals surface area contributed by atoms with E-state index in [2.05, 4.69) is 10.3 Å². The molecular weight excluding hydrogens is 185 g/mol. The summed E-state index contributed by atoms with van der Waals surface area (Å²) in [5.41, 5.74) is 2.92. The van der Waals surface area contributed by atoms with Crippen molar-refractivity contribution in [2.75, 3.05) is 7.05 Å². The third kappa shape index (κ3) is 2.56. The lowest BCUT2D eigenvalue weighted by Gasteiger charge is -2.02. The second-order valence-corrected chi connectivity index (χ2v) is 2.59. The van der Waals surface area contributed by atoms with Crippen LogP contribution in [0.1, 0.15) is 10.4 Å². The maximum Gasteiger partial charge on any atom is 0.488 e. The van der Waals surface area contributed by atoms with Crippen LogP contribution in [0.25, 0.3) is 0 Å². The van der Waals surface area contributed by atoms with Gasteiger partial charge in [0.2, 0.25) is 0 Å². The number of nitrogens with one attached hydrogen (secondary N) is 1. The van der Waals surface area contributed by atoms with Crippen molar-refractivity contribution in [3.05, 3.63) is 29.8 Å². The molecule has 0 aliphatic heterocycles. The van der Waals surface area contributed by atoms with Gasteiger partial charge in [-0.25, -0.2) is 4.79 Å². The Kier molecular flexibility index (Phi) is 3.64. The molecular formula is C8H10BNO4. The van der Waals surface area contributed by atoms with Gasteiger partial charge in [-0.1, -0.05) is 12.1 Å². The van der Waals surface area contributed by atoms with Crippen LogP contribution in [-0.4, -0.2) is 30.2 Å². The first-order valence-electron chi connectivity index (χ1n) is 3.99. The normalized spacial score (nSPS) is 9.64. The van der Waals surface area contributed by atoms with Gasteiger partial charge in [-0.15, -0.1) is 0 Å². The smallest absolute Gasteiger partial charge is 0.423 e. The first kappa shape index (κ1) is 10.7. The summed E-state index contributed by atoms with van der Waals surface area (Å²) in [7, 11) is -0.0478. The number of hydrogen-bond donors (Lipinski definition) is 3. The van der Waals surface area contributed by atoms with Crippen LogP contribution < -0.4 is 10.9 Å². The van der Waals surface area contributed by atoms with Crippen molar-refractivity contribution < 1.29 is 19.7 Å². The lowest BCUT2D eigenvalue weighted by Crippen LogP contribution is -2.29. The maximum atomic E-state index is 11.1. The number of carbonyl (C=O) groups is 1. The largest absolute Gasteiger partial charge is 0.488 e. The topological polar surface area (TPSA) is 78.8 Å². The van der Waals surface area contributed by atoms with Crippen molar-refractivity contribution in [1.29, 1.82) is 0 Å². The van der Waals surface area contributed by atoms with Crippen molar-refractivity contribution in [2.45, 2.75) is 0 Å². The van der Waals surface area contributed by atoms with E-state index >= 15 is 0 Å². The van der Waals surface area contributed by atoms with Crippen LogP contribution in [0.4, 0.5) is 0 Å². The van der Waals surface area contributed by atoms with Gasteiger partial charge in [0.05, 0.1) is 5.56 Å². The zero-order valence-electron chi connectivity index (χ0n) is 7.60. The van der Waals surface area contributed by atoms with E-state index in [9.17, 15) is 4.79 Å². The molecule has 14 heavy (non-hydrogen) atoms. The van der Waals surface area contributed by atoms with Gasteiger partial charge < -0.3 is 14.9 Å². The van der Waals surface area contributed by atoms with Gasteiger partial charge in [-0.05, 0) is 17.6 Å². The van der Waals surface area contributed by atoms with Gasteiger partial charge in [-0.3, -0.25) is 0 Å². The summed E-state index contributed by atoms with van der Waals surface area (Å²) in [6, 6.07) is 5.79. The highest BCUT2D eigenvalue weighted by Gasteiger charge is 2.12. The second-order valence-electron chi connectivity index (χ2n) is 2.59. The summed E-state index contributed by atoms with van der Waals surface area (Å²) in [4.78, 5) is 15.6. The Hall–Kier alpha value is -1.37. The highest BCUT2D eigenvalue weighted by atomic mass is 16.7. The van der Waals surface area contributed by atoms with Gasteiger partial charge in [0, 0.05) is 7.05 Å². The average molecular weight is 195 g/mol. The fourth-order valence-corrected chi connectivity index (χ4v) is 0.943. The van der Waals surface area contributed by atoms with Gasteiger partial charge in [0.15, 0.2) is 0 Å². The van der Waals surface area contributed by atoms with Crippen LogP contribution in [0.15, 0.2) is 24.3 Å². The SMILES string of the molecule is CNOC(=O)c1ccc(B(O)O)cc1. The molecule has 1 rings (SSSR count). The number of hydrogen-bond acceptors (Lipinski definition) is 5. The van der Waals surface area contributed by atoms with E-state index in [1.54, 1.807) is 0 Å². The molecule has 0 bridgehead atoms. The van der Waals surface area contributed by atoms with Gasteiger partial charge in [-0.2, -0.15) is 5.48 Å². The average Bonchev–Trinajstić information content (AvgIpc) is 2.18. The van der Waals surface area contributed by atoms with Crippen molar-refractivity contribution >= 4 is 18.6 Å². The standard InChI is InChI=1S/C8H10BNO4/c1-10-14-8(11)6-2-4-7(5-3-6)9(12)13/h2-5,10,12-13H,1H3. The molecule has 0 saturated carbocycles. The minimum Gasteiger partial charge on any atom is -0.423 e. The molecule has 1 aromatic rings. The zero-order chi connectivity index (χ0) is 10.6. The summed E-state index contributed by atoms with van der Waals surface area (Å²) >= 11 is 0. The van der Waals surface area contributed by atoms with Crippen LogP contribution in [-0.2, 0) is 4.84 Å². The molecule has 5 nitrogen and oxygen atoms in total.